The smallest absolute Gasteiger partial charge is 0.269 e. The molecule has 0 aromatic heterocycles. The van der Waals surface area contributed by atoms with Crippen LogP contribution in [-0.4, -0.2) is 32.0 Å². The summed E-state index contributed by atoms with van der Waals surface area (Å²) >= 11 is 6.01. The molecule has 170 valence electrons. The Morgan fingerprint density at radius 1 is 1.12 bits per heavy atom. The first kappa shape index (κ1) is 23.9. The number of nitro groups is 1. The minimum atomic E-state index is -4.06. The summed E-state index contributed by atoms with van der Waals surface area (Å²) in [5, 5.41) is 15.0. The Hall–Kier alpha value is -3.76. The lowest BCUT2D eigenvalue weighted by atomic mass is 10.2. The number of carbonyl (C=O) groups excluding carboxylic acids is 1. The molecule has 3 aromatic rings. The van der Waals surface area contributed by atoms with Gasteiger partial charge in [-0.2, -0.15) is 5.10 Å². The SMILES string of the molecule is Cc1cc(Cl)ccc1N(CC(=O)N/N=C\c1ccc([N+](=O)[O-])cc1)S(=O)(=O)c1ccccc1. The predicted molar refractivity (Wildman–Crippen MR) is 126 cm³/mol. The van der Waals surface area contributed by atoms with Gasteiger partial charge in [-0.05, 0) is 60.5 Å². The minimum absolute atomic E-state index is 0.0292. The Kier molecular flexibility index (Phi) is 7.41. The molecular weight excluding hydrogens is 468 g/mol. The molecule has 0 aliphatic rings. The van der Waals surface area contributed by atoms with Gasteiger partial charge in [0.05, 0.1) is 21.7 Å². The Labute approximate surface area is 195 Å². The number of amides is 1. The second-order valence-electron chi connectivity index (χ2n) is 6.90. The zero-order valence-electron chi connectivity index (χ0n) is 17.4. The van der Waals surface area contributed by atoms with E-state index in [-0.39, 0.29) is 10.6 Å². The van der Waals surface area contributed by atoms with Crippen molar-refractivity contribution in [2.24, 2.45) is 5.10 Å². The van der Waals surface area contributed by atoms with Crippen molar-refractivity contribution in [1.82, 2.24) is 5.43 Å². The summed E-state index contributed by atoms with van der Waals surface area (Å²) in [4.78, 5) is 22.8. The molecule has 0 atom stereocenters. The van der Waals surface area contributed by atoms with E-state index in [0.717, 1.165) is 4.31 Å². The molecule has 1 N–H and O–H groups in total. The van der Waals surface area contributed by atoms with Gasteiger partial charge in [-0.15, -0.1) is 0 Å². The maximum absolute atomic E-state index is 13.3. The maximum atomic E-state index is 13.3. The quantitative estimate of drug-likeness (QED) is 0.294. The Morgan fingerprint density at radius 3 is 2.39 bits per heavy atom. The second-order valence-corrected chi connectivity index (χ2v) is 9.20. The van der Waals surface area contributed by atoms with Crippen molar-refractivity contribution in [3.05, 3.63) is 99.1 Å². The molecule has 0 bridgehead atoms. The number of nitrogens with one attached hydrogen (secondary N) is 1. The Bertz CT molecular complexity index is 1300. The van der Waals surface area contributed by atoms with Gasteiger partial charge in [-0.3, -0.25) is 19.2 Å². The monoisotopic (exact) mass is 486 g/mol. The average molecular weight is 487 g/mol. The van der Waals surface area contributed by atoms with Gasteiger partial charge in [-0.25, -0.2) is 13.8 Å². The third-order valence-electron chi connectivity index (χ3n) is 4.55. The summed E-state index contributed by atoms with van der Waals surface area (Å²) in [5.74, 6) is -0.679. The molecule has 0 heterocycles. The number of carbonyl (C=O) groups is 1. The van der Waals surface area contributed by atoms with Gasteiger partial charge in [0.15, 0.2) is 0 Å². The van der Waals surface area contributed by atoms with Crippen LogP contribution in [0.15, 0.2) is 82.8 Å². The van der Waals surface area contributed by atoms with Crippen molar-refractivity contribution in [3.8, 4) is 0 Å². The lowest BCUT2D eigenvalue weighted by Gasteiger charge is -2.25. The van der Waals surface area contributed by atoms with Crippen LogP contribution in [0.3, 0.4) is 0 Å². The highest BCUT2D eigenvalue weighted by molar-refractivity contribution is 7.92. The van der Waals surface area contributed by atoms with Crippen molar-refractivity contribution in [2.45, 2.75) is 11.8 Å². The maximum Gasteiger partial charge on any atom is 0.269 e. The molecule has 0 aliphatic carbocycles. The van der Waals surface area contributed by atoms with E-state index in [1.54, 1.807) is 37.3 Å². The number of nitrogens with zero attached hydrogens (tertiary/aromatic N) is 3. The summed E-state index contributed by atoms with van der Waals surface area (Å²) in [5.41, 5.74) is 3.61. The molecule has 9 nitrogen and oxygen atoms in total. The molecule has 33 heavy (non-hydrogen) atoms. The lowest BCUT2D eigenvalue weighted by molar-refractivity contribution is -0.384. The normalized spacial score (nSPS) is 11.3. The second kappa shape index (κ2) is 10.2. The van der Waals surface area contributed by atoms with E-state index >= 15 is 0 Å². The number of sulfonamides is 1. The van der Waals surface area contributed by atoms with Gasteiger partial charge < -0.3 is 0 Å². The number of nitro benzene ring substituents is 1. The molecule has 0 spiro atoms. The molecule has 1 amide bonds. The van der Waals surface area contributed by atoms with Gasteiger partial charge in [0.25, 0.3) is 21.6 Å². The third kappa shape index (κ3) is 5.93. The standard InChI is InChI=1S/C22H19ClN4O5S/c1-16-13-18(23)9-12-21(16)26(33(31,32)20-5-3-2-4-6-20)15-22(28)25-24-14-17-7-10-19(11-8-17)27(29)30/h2-14H,15H2,1H3,(H,25,28)/b24-14-. The summed E-state index contributed by atoms with van der Waals surface area (Å²) in [7, 11) is -4.06. The topological polar surface area (TPSA) is 122 Å². The molecule has 3 rings (SSSR count). The summed E-state index contributed by atoms with van der Waals surface area (Å²) in [6.07, 6.45) is 1.30. The van der Waals surface area contributed by atoms with Gasteiger partial charge in [0.2, 0.25) is 0 Å². The van der Waals surface area contributed by atoms with Crippen molar-refractivity contribution in [2.75, 3.05) is 10.8 Å². The summed E-state index contributed by atoms with van der Waals surface area (Å²) in [6.45, 7) is 1.16. The van der Waals surface area contributed by atoms with Crippen LogP contribution in [0.5, 0.6) is 0 Å². The number of benzene rings is 3. The fourth-order valence-corrected chi connectivity index (χ4v) is 4.68. The summed E-state index contributed by atoms with van der Waals surface area (Å²) < 4.78 is 27.6. The van der Waals surface area contributed by atoms with Crippen molar-refractivity contribution in [1.29, 1.82) is 0 Å². The zero-order valence-corrected chi connectivity index (χ0v) is 19.0. The van der Waals surface area contributed by atoms with Gasteiger partial charge >= 0.3 is 0 Å². The molecular formula is C22H19ClN4O5S. The molecule has 0 saturated carbocycles. The van der Waals surface area contributed by atoms with Gasteiger partial charge in [0, 0.05) is 17.2 Å². The molecule has 0 unspecified atom stereocenters. The first-order chi connectivity index (χ1) is 15.7. The van der Waals surface area contributed by atoms with Crippen LogP contribution in [0.2, 0.25) is 5.02 Å². The Balaban J connectivity index is 1.82. The van der Waals surface area contributed by atoms with Crippen LogP contribution in [0, 0.1) is 17.0 Å². The van der Waals surface area contributed by atoms with Crippen LogP contribution in [-0.2, 0) is 14.8 Å². The molecule has 0 saturated heterocycles. The zero-order chi connectivity index (χ0) is 24.0. The highest BCUT2D eigenvalue weighted by Gasteiger charge is 2.28. The molecule has 11 heteroatoms. The highest BCUT2D eigenvalue weighted by atomic mass is 35.5. The fourth-order valence-electron chi connectivity index (χ4n) is 2.94. The largest absolute Gasteiger partial charge is 0.271 e. The summed E-state index contributed by atoms with van der Waals surface area (Å²) in [6, 6.07) is 18.0. The number of hydrazone groups is 1. The van der Waals surface area contributed by atoms with Crippen molar-refractivity contribution in [3.63, 3.8) is 0 Å². The lowest BCUT2D eigenvalue weighted by Crippen LogP contribution is -2.40. The van der Waals surface area contributed by atoms with E-state index in [1.165, 1.54) is 48.7 Å². The third-order valence-corrected chi connectivity index (χ3v) is 6.56. The fraction of sp³-hybridized carbons (Fsp3) is 0.0909. The number of non-ortho nitro benzene ring substituents is 1. The van der Waals surface area contributed by atoms with Crippen LogP contribution < -0.4 is 9.73 Å². The molecule has 0 fully saturated rings. The van der Waals surface area contributed by atoms with E-state index in [2.05, 4.69) is 10.5 Å². The molecule has 0 aliphatic heterocycles. The van der Waals surface area contributed by atoms with Gasteiger partial charge in [-0.1, -0.05) is 29.8 Å². The first-order valence-corrected chi connectivity index (χ1v) is 11.4. The van der Waals surface area contributed by atoms with E-state index in [4.69, 9.17) is 11.6 Å². The van der Waals surface area contributed by atoms with Crippen LogP contribution in [0.4, 0.5) is 11.4 Å². The van der Waals surface area contributed by atoms with Gasteiger partial charge in [0.1, 0.15) is 6.54 Å². The van der Waals surface area contributed by atoms with E-state index < -0.39 is 27.4 Å². The number of hydrogen-bond donors (Lipinski definition) is 1. The van der Waals surface area contributed by atoms with Crippen LogP contribution >= 0.6 is 11.6 Å². The average Bonchev–Trinajstić information content (AvgIpc) is 2.79. The predicted octanol–water partition coefficient (Wildman–Crippen LogP) is 3.90. The van der Waals surface area contributed by atoms with Crippen LogP contribution in [0.1, 0.15) is 11.1 Å². The first-order valence-electron chi connectivity index (χ1n) is 9.59. The number of rotatable bonds is 8. The van der Waals surface area contributed by atoms with E-state index in [0.29, 0.717) is 21.8 Å². The van der Waals surface area contributed by atoms with E-state index in [9.17, 15) is 23.3 Å². The number of halogens is 1. The van der Waals surface area contributed by atoms with Crippen molar-refractivity contribution < 1.29 is 18.1 Å². The minimum Gasteiger partial charge on any atom is -0.271 e. The number of anilines is 1. The van der Waals surface area contributed by atoms with Crippen molar-refractivity contribution >= 4 is 45.1 Å². The number of hydrogen-bond acceptors (Lipinski definition) is 6. The molecule has 3 aromatic carbocycles. The Morgan fingerprint density at radius 2 is 1.79 bits per heavy atom. The van der Waals surface area contributed by atoms with Crippen LogP contribution in [0.25, 0.3) is 0 Å². The molecule has 0 radical (unpaired) electrons. The number of aryl methyl sites for hydroxylation is 1. The van der Waals surface area contributed by atoms with E-state index in [1.807, 2.05) is 0 Å². The highest BCUT2D eigenvalue weighted by Crippen LogP contribution is 2.28.